The third-order valence-electron chi connectivity index (χ3n) is 4.06. The molecule has 5 atom stereocenters. The van der Waals surface area contributed by atoms with Crippen molar-refractivity contribution in [1.29, 1.82) is 0 Å². The predicted molar refractivity (Wildman–Crippen MR) is 83.2 cm³/mol. The molecule has 25 heavy (non-hydrogen) atoms. The Bertz CT molecular complexity index is 914. The standard InChI is InChI=1S/C15H17FN4O5/c1-7(21)10-11(22)15(24,4-3-5-16)14(25-10)20-6-17-9-12(20)18-8(2)19-13(9)23/h6-7,10-11,14,21-22,24H,5H2,1-2H3,(H,18,19,23)/t7-,10+,11-,14+,15?/m0/s1. The lowest BCUT2D eigenvalue weighted by atomic mass is 9.92. The van der Waals surface area contributed by atoms with Crippen LogP contribution in [0.1, 0.15) is 19.0 Å². The van der Waals surface area contributed by atoms with Crippen molar-refractivity contribution >= 4 is 11.2 Å². The molecule has 9 nitrogen and oxygen atoms in total. The number of nitrogens with zero attached hydrogens (tertiary/aromatic N) is 3. The number of aliphatic hydroxyl groups excluding tert-OH is 2. The van der Waals surface area contributed by atoms with E-state index in [1.54, 1.807) is 6.92 Å². The number of alkyl halides is 1. The number of hydrogen-bond acceptors (Lipinski definition) is 7. The summed E-state index contributed by atoms with van der Waals surface area (Å²) >= 11 is 0. The van der Waals surface area contributed by atoms with Crippen molar-refractivity contribution in [2.75, 3.05) is 6.67 Å². The van der Waals surface area contributed by atoms with Gasteiger partial charge in [0.15, 0.2) is 23.0 Å². The second-order valence-electron chi connectivity index (χ2n) is 5.87. The minimum atomic E-state index is -2.22. The molecule has 134 valence electrons. The van der Waals surface area contributed by atoms with Crippen LogP contribution in [0.4, 0.5) is 4.39 Å². The molecular formula is C15H17FN4O5. The molecule has 0 saturated carbocycles. The fourth-order valence-corrected chi connectivity index (χ4v) is 2.90. The van der Waals surface area contributed by atoms with Crippen molar-refractivity contribution in [2.45, 2.75) is 44.0 Å². The maximum atomic E-state index is 12.5. The Morgan fingerprint density at radius 1 is 1.60 bits per heavy atom. The highest BCUT2D eigenvalue weighted by Crippen LogP contribution is 2.40. The highest BCUT2D eigenvalue weighted by Gasteiger charge is 2.57. The second-order valence-corrected chi connectivity index (χ2v) is 5.87. The van der Waals surface area contributed by atoms with Gasteiger partial charge in [-0.25, -0.2) is 14.4 Å². The van der Waals surface area contributed by atoms with E-state index in [9.17, 15) is 24.5 Å². The number of ether oxygens (including phenoxy) is 1. The summed E-state index contributed by atoms with van der Waals surface area (Å²) in [5, 5.41) is 31.0. The zero-order valence-corrected chi connectivity index (χ0v) is 13.5. The van der Waals surface area contributed by atoms with Crippen molar-refractivity contribution in [3.63, 3.8) is 0 Å². The molecule has 2 aromatic heterocycles. The summed E-state index contributed by atoms with van der Waals surface area (Å²) in [5.41, 5.74) is -2.60. The number of aromatic amines is 1. The van der Waals surface area contributed by atoms with E-state index in [2.05, 4.69) is 26.8 Å². The van der Waals surface area contributed by atoms with Crippen LogP contribution in [0.25, 0.3) is 11.2 Å². The number of hydrogen-bond donors (Lipinski definition) is 4. The van der Waals surface area contributed by atoms with Gasteiger partial charge < -0.3 is 25.0 Å². The number of rotatable bonds is 2. The second kappa shape index (κ2) is 6.20. The van der Waals surface area contributed by atoms with E-state index in [0.29, 0.717) is 5.82 Å². The van der Waals surface area contributed by atoms with Crippen LogP contribution in [-0.2, 0) is 4.74 Å². The molecule has 3 heterocycles. The number of H-pyrrole nitrogens is 1. The zero-order chi connectivity index (χ0) is 18.4. The summed E-state index contributed by atoms with van der Waals surface area (Å²) in [5.74, 6) is 4.64. The van der Waals surface area contributed by atoms with Gasteiger partial charge in [-0.05, 0) is 13.8 Å². The Labute approximate surface area is 141 Å². The van der Waals surface area contributed by atoms with E-state index in [0.717, 1.165) is 0 Å². The van der Waals surface area contributed by atoms with Gasteiger partial charge in [-0.15, -0.1) is 0 Å². The molecule has 0 aliphatic carbocycles. The lowest BCUT2D eigenvalue weighted by molar-refractivity contribution is -0.0847. The first-order valence-corrected chi connectivity index (χ1v) is 7.53. The molecule has 1 fully saturated rings. The van der Waals surface area contributed by atoms with E-state index in [4.69, 9.17) is 4.74 Å². The van der Waals surface area contributed by atoms with Gasteiger partial charge in [-0.3, -0.25) is 9.36 Å². The number of aryl methyl sites for hydroxylation is 1. The first-order chi connectivity index (χ1) is 11.8. The number of aliphatic hydroxyl groups is 3. The fourth-order valence-electron chi connectivity index (χ4n) is 2.90. The number of nitrogens with one attached hydrogen (secondary N) is 1. The largest absolute Gasteiger partial charge is 0.391 e. The first-order valence-electron chi connectivity index (χ1n) is 7.53. The minimum absolute atomic E-state index is 0.00462. The average Bonchev–Trinajstić information content (AvgIpc) is 3.06. The Morgan fingerprint density at radius 3 is 2.96 bits per heavy atom. The molecule has 1 aliphatic heterocycles. The molecule has 0 amide bonds. The minimum Gasteiger partial charge on any atom is -0.391 e. The molecular weight excluding hydrogens is 335 g/mol. The SMILES string of the molecule is Cc1nc2c(ncn2[C@@H]2O[C@H]([C@H](C)O)[C@H](O)C2(O)C#CCF)c(=O)[nH]1. The van der Waals surface area contributed by atoms with Gasteiger partial charge in [0.25, 0.3) is 5.56 Å². The van der Waals surface area contributed by atoms with E-state index >= 15 is 0 Å². The molecule has 1 saturated heterocycles. The highest BCUT2D eigenvalue weighted by molar-refractivity contribution is 5.69. The maximum absolute atomic E-state index is 12.5. The Kier molecular flexibility index (Phi) is 4.34. The monoisotopic (exact) mass is 352 g/mol. The predicted octanol–water partition coefficient (Wildman–Crippen LogP) is -1.23. The van der Waals surface area contributed by atoms with Crippen LogP contribution in [0, 0.1) is 18.8 Å². The molecule has 0 spiro atoms. The molecule has 1 unspecified atom stereocenters. The van der Waals surface area contributed by atoms with Crippen molar-refractivity contribution in [3.05, 3.63) is 22.5 Å². The van der Waals surface area contributed by atoms with Crippen molar-refractivity contribution in [2.24, 2.45) is 0 Å². The van der Waals surface area contributed by atoms with Crippen LogP contribution in [-0.4, -0.2) is 65.4 Å². The molecule has 0 bridgehead atoms. The van der Waals surface area contributed by atoms with Gasteiger partial charge in [-0.2, -0.15) is 0 Å². The van der Waals surface area contributed by atoms with Gasteiger partial charge in [0.05, 0.1) is 12.4 Å². The third kappa shape index (κ3) is 2.71. The van der Waals surface area contributed by atoms with Crippen molar-refractivity contribution in [1.82, 2.24) is 19.5 Å². The van der Waals surface area contributed by atoms with E-state index in [1.807, 2.05) is 0 Å². The number of aromatic nitrogens is 4. The van der Waals surface area contributed by atoms with Crippen LogP contribution in [0.5, 0.6) is 0 Å². The smallest absolute Gasteiger partial charge is 0.279 e. The van der Waals surface area contributed by atoms with Gasteiger partial charge in [-0.1, -0.05) is 11.8 Å². The molecule has 4 N–H and O–H groups in total. The van der Waals surface area contributed by atoms with Crippen molar-refractivity contribution < 1.29 is 24.4 Å². The van der Waals surface area contributed by atoms with Gasteiger partial charge >= 0.3 is 0 Å². The molecule has 0 aromatic carbocycles. The molecule has 10 heteroatoms. The molecule has 1 aliphatic rings. The number of fused-ring (bicyclic) bond motifs is 1. The lowest BCUT2D eigenvalue weighted by Crippen LogP contribution is -2.47. The molecule has 2 aromatic rings. The number of imidazole rings is 1. The van der Waals surface area contributed by atoms with E-state index in [-0.39, 0.29) is 11.2 Å². The summed E-state index contributed by atoms with van der Waals surface area (Å²) in [4.78, 5) is 22.6. The van der Waals surface area contributed by atoms with Crippen LogP contribution < -0.4 is 5.56 Å². The third-order valence-corrected chi connectivity index (χ3v) is 4.06. The Morgan fingerprint density at radius 2 is 2.32 bits per heavy atom. The first kappa shape index (κ1) is 17.5. The molecule has 0 radical (unpaired) electrons. The maximum Gasteiger partial charge on any atom is 0.279 e. The van der Waals surface area contributed by atoms with E-state index in [1.165, 1.54) is 17.8 Å². The topological polar surface area (TPSA) is 133 Å². The Hall–Kier alpha value is -2.32. The van der Waals surface area contributed by atoms with E-state index < -0.39 is 42.4 Å². The van der Waals surface area contributed by atoms with Gasteiger partial charge in [0.2, 0.25) is 0 Å². The summed E-state index contributed by atoms with van der Waals surface area (Å²) in [6.07, 6.45) is -4.07. The quantitative estimate of drug-likeness (QED) is 0.497. The van der Waals surface area contributed by atoms with Gasteiger partial charge in [0, 0.05) is 0 Å². The van der Waals surface area contributed by atoms with Crippen LogP contribution >= 0.6 is 0 Å². The summed E-state index contributed by atoms with van der Waals surface area (Å²) < 4.78 is 19.3. The van der Waals surface area contributed by atoms with Gasteiger partial charge in [0.1, 0.15) is 24.7 Å². The van der Waals surface area contributed by atoms with Crippen LogP contribution in [0.3, 0.4) is 0 Å². The molecule has 3 rings (SSSR count). The zero-order valence-electron chi connectivity index (χ0n) is 13.5. The highest BCUT2D eigenvalue weighted by atomic mass is 19.1. The summed E-state index contributed by atoms with van der Waals surface area (Å²) in [6, 6.07) is 0. The normalized spacial score (nSPS) is 30.2. The van der Waals surface area contributed by atoms with Crippen molar-refractivity contribution in [3.8, 4) is 11.8 Å². The van der Waals surface area contributed by atoms with Crippen LogP contribution in [0.2, 0.25) is 0 Å². The summed E-state index contributed by atoms with van der Waals surface area (Å²) in [6.45, 7) is 1.90. The number of halogens is 1. The Balaban J connectivity index is 2.18. The average molecular weight is 352 g/mol. The lowest BCUT2D eigenvalue weighted by Gasteiger charge is -2.26. The fraction of sp³-hybridized carbons (Fsp3) is 0.533. The van der Waals surface area contributed by atoms with Crippen LogP contribution in [0.15, 0.2) is 11.1 Å². The summed E-state index contributed by atoms with van der Waals surface area (Å²) in [7, 11) is 0.